The number of benzene rings is 2. The highest BCUT2D eigenvalue weighted by Crippen LogP contribution is 2.32. The predicted molar refractivity (Wildman–Crippen MR) is 100 cm³/mol. The smallest absolute Gasteiger partial charge is 0.261 e. The van der Waals surface area contributed by atoms with E-state index in [1.807, 2.05) is 0 Å². The summed E-state index contributed by atoms with van der Waals surface area (Å²) in [5.41, 5.74) is 1.96. The molecule has 3 rings (SSSR count). The van der Waals surface area contributed by atoms with Gasteiger partial charge in [-0.3, -0.25) is 9.52 Å². The SMILES string of the molecule is CCC(=O)N1CCc2cc(S(=O)(=O)Nc3ccc(Cl)c(Cl)c3)ccc21. The Bertz CT molecular complexity index is 945. The Morgan fingerprint density at radius 1 is 1.16 bits per heavy atom. The van der Waals surface area contributed by atoms with Crippen molar-refractivity contribution in [3.8, 4) is 0 Å². The number of nitrogens with zero attached hydrogens (tertiary/aromatic N) is 1. The van der Waals surface area contributed by atoms with Crippen LogP contribution in [0.15, 0.2) is 41.3 Å². The van der Waals surface area contributed by atoms with Crippen LogP contribution >= 0.6 is 23.2 Å². The van der Waals surface area contributed by atoms with E-state index in [0.717, 1.165) is 11.3 Å². The largest absolute Gasteiger partial charge is 0.312 e. The lowest BCUT2D eigenvalue weighted by Gasteiger charge is -2.16. The van der Waals surface area contributed by atoms with Gasteiger partial charge in [-0.15, -0.1) is 0 Å². The van der Waals surface area contributed by atoms with E-state index < -0.39 is 10.0 Å². The zero-order valence-electron chi connectivity index (χ0n) is 13.4. The summed E-state index contributed by atoms with van der Waals surface area (Å²) in [5.74, 6) is 0.0308. The number of carbonyl (C=O) groups excluding carboxylic acids is 1. The Kier molecular flexibility index (Phi) is 4.95. The van der Waals surface area contributed by atoms with E-state index in [0.29, 0.717) is 30.1 Å². The van der Waals surface area contributed by atoms with E-state index in [4.69, 9.17) is 23.2 Å². The summed E-state index contributed by atoms with van der Waals surface area (Å²) in [6.45, 7) is 2.38. The van der Waals surface area contributed by atoms with Crippen molar-refractivity contribution in [2.45, 2.75) is 24.7 Å². The van der Waals surface area contributed by atoms with Crippen molar-refractivity contribution in [2.75, 3.05) is 16.2 Å². The summed E-state index contributed by atoms with van der Waals surface area (Å²) < 4.78 is 27.7. The van der Waals surface area contributed by atoms with E-state index in [1.54, 1.807) is 30.0 Å². The van der Waals surface area contributed by atoms with Crippen molar-refractivity contribution in [3.05, 3.63) is 52.0 Å². The molecular weight excluding hydrogens is 383 g/mol. The maximum absolute atomic E-state index is 12.6. The molecule has 1 aliphatic heterocycles. The Hall–Kier alpha value is -1.76. The van der Waals surface area contributed by atoms with Gasteiger partial charge in [-0.05, 0) is 48.4 Å². The van der Waals surface area contributed by atoms with Crippen LogP contribution in [0.1, 0.15) is 18.9 Å². The van der Waals surface area contributed by atoms with Crippen LogP contribution in [0.4, 0.5) is 11.4 Å². The highest BCUT2D eigenvalue weighted by Gasteiger charge is 2.25. The minimum Gasteiger partial charge on any atom is -0.312 e. The molecule has 1 aliphatic rings. The molecule has 0 radical (unpaired) electrons. The van der Waals surface area contributed by atoms with Gasteiger partial charge in [-0.25, -0.2) is 8.42 Å². The minimum atomic E-state index is -3.76. The van der Waals surface area contributed by atoms with Gasteiger partial charge in [-0.1, -0.05) is 30.1 Å². The lowest BCUT2D eigenvalue weighted by molar-refractivity contribution is -0.118. The monoisotopic (exact) mass is 398 g/mol. The number of hydrogen-bond acceptors (Lipinski definition) is 3. The Balaban J connectivity index is 1.89. The Morgan fingerprint density at radius 3 is 2.60 bits per heavy atom. The van der Waals surface area contributed by atoms with Crippen molar-refractivity contribution >= 4 is 50.5 Å². The summed E-state index contributed by atoms with van der Waals surface area (Å²) in [5, 5.41) is 0.618. The van der Waals surface area contributed by atoms with Crippen LogP contribution < -0.4 is 9.62 Å². The predicted octanol–water partition coefficient (Wildman–Crippen LogP) is 4.09. The molecule has 0 bridgehead atoms. The lowest BCUT2D eigenvalue weighted by atomic mass is 10.2. The molecule has 132 valence electrons. The molecule has 1 N–H and O–H groups in total. The fourth-order valence-electron chi connectivity index (χ4n) is 2.77. The number of amides is 1. The number of fused-ring (bicyclic) bond motifs is 1. The van der Waals surface area contributed by atoms with Crippen molar-refractivity contribution in [2.24, 2.45) is 0 Å². The van der Waals surface area contributed by atoms with E-state index in [2.05, 4.69) is 4.72 Å². The first-order valence-corrected chi connectivity index (χ1v) is 9.97. The highest BCUT2D eigenvalue weighted by atomic mass is 35.5. The molecule has 0 unspecified atom stereocenters. The maximum Gasteiger partial charge on any atom is 0.261 e. The molecule has 0 aromatic heterocycles. The van der Waals surface area contributed by atoms with E-state index in [-0.39, 0.29) is 15.8 Å². The fourth-order valence-corrected chi connectivity index (χ4v) is 4.17. The average Bonchev–Trinajstić information content (AvgIpc) is 3.00. The molecule has 1 heterocycles. The highest BCUT2D eigenvalue weighted by molar-refractivity contribution is 7.92. The lowest BCUT2D eigenvalue weighted by Crippen LogP contribution is -2.27. The summed E-state index contributed by atoms with van der Waals surface area (Å²) in [6.07, 6.45) is 1.05. The molecule has 2 aromatic rings. The zero-order valence-corrected chi connectivity index (χ0v) is 15.7. The van der Waals surface area contributed by atoms with Gasteiger partial charge >= 0.3 is 0 Å². The number of nitrogens with one attached hydrogen (secondary N) is 1. The molecule has 1 amide bonds. The van der Waals surface area contributed by atoms with Gasteiger partial charge in [0.1, 0.15) is 0 Å². The molecule has 0 atom stereocenters. The number of anilines is 2. The van der Waals surface area contributed by atoms with Crippen LogP contribution in [0.2, 0.25) is 10.0 Å². The number of hydrogen-bond donors (Lipinski definition) is 1. The minimum absolute atomic E-state index is 0.0308. The van der Waals surface area contributed by atoms with E-state index >= 15 is 0 Å². The summed E-state index contributed by atoms with van der Waals surface area (Å²) in [6, 6.07) is 9.31. The Labute approximate surface area is 156 Å². The van der Waals surface area contributed by atoms with Gasteiger partial charge in [0.25, 0.3) is 10.0 Å². The second-order valence-corrected chi connectivity index (χ2v) is 8.17. The van der Waals surface area contributed by atoms with Gasteiger partial charge in [0, 0.05) is 18.7 Å². The van der Waals surface area contributed by atoms with Gasteiger partial charge in [0.15, 0.2) is 0 Å². The van der Waals surface area contributed by atoms with Crippen LogP contribution in [0.5, 0.6) is 0 Å². The first-order valence-electron chi connectivity index (χ1n) is 7.73. The fraction of sp³-hybridized carbons (Fsp3) is 0.235. The van der Waals surface area contributed by atoms with Gasteiger partial charge in [0.05, 0.1) is 20.6 Å². The molecule has 0 saturated heterocycles. The maximum atomic E-state index is 12.6. The molecule has 2 aromatic carbocycles. The van der Waals surface area contributed by atoms with Crippen molar-refractivity contribution in [1.29, 1.82) is 0 Å². The quantitative estimate of drug-likeness (QED) is 0.842. The Morgan fingerprint density at radius 2 is 1.92 bits per heavy atom. The number of sulfonamides is 1. The van der Waals surface area contributed by atoms with Crippen molar-refractivity contribution < 1.29 is 13.2 Å². The molecule has 0 spiro atoms. The van der Waals surface area contributed by atoms with Crippen molar-refractivity contribution in [3.63, 3.8) is 0 Å². The van der Waals surface area contributed by atoms with Crippen LogP contribution in [-0.4, -0.2) is 20.9 Å². The van der Waals surface area contributed by atoms with E-state index in [9.17, 15) is 13.2 Å². The molecule has 8 heteroatoms. The summed E-state index contributed by atoms with van der Waals surface area (Å²) in [4.78, 5) is 13.8. The number of halogens is 2. The molecular formula is C17H16Cl2N2O3S. The third-order valence-corrected chi connectivity index (χ3v) is 6.15. The second-order valence-electron chi connectivity index (χ2n) is 5.67. The topological polar surface area (TPSA) is 66.5 Å². The standard InChI is InChI=1S/C17H16Cl2N2O3S/c1-2-17(22)21-8-7-11-9-13(4-6-16(11)21)25(23,24)20-12-3-5-14(18)15(19)10-12/h3-6,9-10,20H,2,7-8H2,1H3. The molecule has 25 heavy (non-hydrogen) atoms. The molecule has 0 fully saturated rings. The van der Waals surface area contributed by atoms with Crippen LogP contribution in [0.25, 0.3) is 0 Å². The molecule has 0 saturated carbocycles. The summed E-state index contributed by atoms with van der Waals surface area (Å²) >= 11 is 11.8. The van der Waals surface area contributed by atoms with Gasteiger partial charge in [-0.2, -0.15) is 0 Å². The first kappa shape index (κ1) is 18.0. The van der Waals surface area contributed by atoms with Gasteiger partial charge in [0.2, 0.25) is 5.91 Å². The molecule has 0 aliphatic carbocycles. The average molecular weight is 399 g/mol. The zero-order chi connectivity index (χ0) is 18.2. The number of carbonyl (C=O) groups is 1. The van der Waals surface area contributed by atoms with Crippen molar-refractivity contribution in [1.82, 2.24) is 0 Å². The molecule has 5 nitrogen and oxygen atoms in total. The van der Waals surface area contributed by atoms with Crippen LogP contribution in [-0.2, 0) is 21.2 Å². The third-order valence-electron chi connectivity index (χ3n) is 4.03. The van der Waals surface area contributed by atoms with Crippen LogP contribution in [0, 0.1) is 0 Å². The summed E-state index contributed by atoms with van der Waals surface area (Å²) in [7, 11) is -3.76. The second kappa shape index (κ2) is 6.86. The van der Waals surface area contributed by atoms with E-state index in [1.165, 1.54) is 18.2 Å². The number of rotatable bonds is 4. The van der Waals surface area contributed by atoms with Gasteiger partial charge < -0.3 is 4.90 Å². The third kappa shape index (κ3) is 3.61. The normalized spacial score (nSPS) is 13.6. The first-order chi connectivity index (χ1) is 11.8. The van der Waals surface area contributed by atoms with Crippen LogP contribution in [0.3, 0.4) is 0 Å².